The Morgan fingerprint density at radius 1 is 1.62 bits per heavy atom. The maximum absolute atomic E-state index is 12.9. The zero-order valence-electron chi connectivity index (χ0n) is 6.77. The first-order chi connectivity index (χ1) is 6.07. The lowest BCUT2D eigenvalue weighted by atomic mass is 10.1. The van der Waals surface area contributed by atoms with Crippen molar-refractivity contribution in [3.63, 3.8) is 0 Å². The van der Waals surface area contributed by atoms with Gasteiger partial charge in [-0.2, -0.15) is 5.26 Å². The summed E-state index contributed by atoms with van der Waals surface area (Å²) in [6.45, 7) is 1.33. The van der Waals surface area contributed by atoms with Crippen molar-refractivity contribution in [1.82, 2.24) is 0 Å². The molecular formula is C9H5BrFNO. The molecule has 0 saturated heterocycles. The minimum atomic E-state index is -0.540. The molecule has 0 aliphatic heterocycles. The number of hydrogen-bond acceptors (Lipinski definition) is 2. The number of carbonyl (C=O) groups is 1. The van der Waals surface area contributed by atoms with Crippen molar-refractivity contribution in [2.75, 3.05) is 0 Å². The quantitative estimate of drug-likeness (QED) is 0.710. The van der Waals surface area contributed by atoms with Gasteiger partial charge in [-0.15, -0.1) is 0 Å². The summed E-state index contributed by atoms with van der Waals surface area (Å²) in [6.07, 6.45) is 0. The van der Waals surface area contributed by atoms with Crippen LogP contribution in [0.2, 0.25) is 0 Å². The number of ketones is 1. The molecule has 66 valence electrons. The van der Waals surface area contributed by atoms with E-state index in [2.05, 4.69) is 15.9 Å². The topological polar surface area (TPSA) is 40.9 Å². The second kappa shape index (κ2) is 3.67. The van der Waals surface area contributed by atoms with Gasteiger partial charge in [-0.1, -0.05) is 0 Å². The summed E-state index contributed by atoms with van der Waals surface area (Å²) in [7, 11) is 0. The second-order valence-corrected chi connectivity index (χ2v) is 3.24. The van der Waals surface area contributed by atoms with Crippen molar-refractivity contribution in [2.45, 2.75) is 6.92 Å². The molecule has 0 bridgehead atoms. The minimum absolute atomic E-state index is 0.0442. The average molecular weight is 242 g/mol. The first-order valence-corrected chi connectivity index (χ1v) is 4.26. The number of hydrogen-bond donors (Lipinski definition) is 0. The van der Waals surface area contributed by atoms with Crippen LogP contribution in [-0.4, -0.2) is 5.78 Å². The summed E-state index contributed by atoms with van der Waals surface area (Å²) in [6, 6.07) is 4.24. The highest BCUT2D eigenvalue weighted by Crippen LogP contribution is 2.23. The van der Waals surface area contributed by atoms with Gasteiger partial charge < -0.3 is 0 Å². The molecule has 1 aromatic carbocycles. The summed E-state index contributed by atoms with van der Waals surface area (Å²) >= 11 is 2.91. The molecule has 0 spiro atoms. The van der Waals surface area contributed by atoms with Crippen LogP contribution >= 0.6 is 15.9 Å². The van der Waals surface area contributed by atoms with Crippen molar-refractivity contribution >= 4 is 21.7 Å². The highest BCUT2D eigenvalue weighted by Gasteiger charge is 2.13. The summed E-state index contributed by atoms with van der Waals surface area (Å²) in [5.74, 6) is -0.793. The lowest BCUT2D eigenvalue weighted by Crippen LogP contribution is -1.98. The first kappa shape index (κ1) is 9.87. The van der Waals surface area contributed by atoms with E-state index in [1.54, 1.807) is 6.07 Å². The maximum Gasteiger partial charge on any atom is 0.161 e. The summed E-state index contributed by atoms with van der Waals surface area (Å²) < 4.78 is 12.9. The predicted molar refractivity (Wildman–Crippen MR) is 48.8 cm³/mol. The van der Waals surface area contributed by atoms with Crippen molar-refractivity contribution in [2.24, 2.45) is 0 Å². The molecule has 0 aliphatic rings. The molecule has 0 unspecified atom stereocenters. The molecule has 0 amide bonds. The van der Waals surface area contributed by atoms with Gasteiger partial charge in [0.2, 0.25) is 0 Å². The molecule has 0 aliphatic carbocycles. The van der Waals surface area contributed by atoms with Crippen LogP contribution in [0.1, 0.15) is 22.8 Å². The lowest BCUT2D eigenvalue weighted by Gasteiger charge is -2.01. The SMILES string of the molecule is CC(=O)c1ccc(F)c(Br)c1C#N. The second-order valence-electron chi connectivity index (χ2n) is 2.45. The Morgan fingerprint density at radius 2 is 2.23 bits per heavy atom. The summed E-state index contributed by atoms with van der Waals surface area (Å²) in [5, 5.41) is 8.67. The molecule has 0 heterocycles. The first-order valence-electron chi connectivity index (χ1n) is 3.47. The van der Waals surface area contributed by atoms with Crippen molar-refractivity contribution in [3.8, 4) is 6.07 Å². The van der Waals surface area contributed by atoms with E-state index in [-0.39, 0.29) is 21.4 Å². The molecular weight excluding hydrogens is 237 g/mol. The third-order valence-corrected chi connectivity index (χ3v) is 2.36. The molecule has 0 atom stereocenters. The third kappa shape index (κ3) is 1.76. The van der Waals surface area contributed by atoms with Gasteiger partial charge in [0, 0.05) is 5.56 Å². The van der Waals surface area contributed by atoms with E-state index in [1.165, 1.54) is 13.0 Å². The number of nitrogens with zero attached hydrogens (tertiary/aromatic N) is 1. The Balaban J connectivity index is 3.50. The van der Waals surface area contributed by atoms with Crippen LogP contribution < -0.4 is 0 Å². The third-order valence-electron chi connectivity index (χ3n) is 1.59. The number of nitriles is 1. The van der Waals surface area contributed by atoms with Crippen LogP contribution in [0, 0.1) is 17.1 Å². The van der Waals surface area contributed by atoms with Gasteiger partial charge in [0.05, 0.1) is 10.0 Å². The van der Waals surface area contributed by atoms with E-state index in [4.69, 9.17) is 5.26 Å². The zero-order chi connectivity index (χ0) is 10.0. The normalized spacial score (nSPS) is 9.38. The standard InChI is InChI=1S/C9H5BrFNO/c1-5(13)6-2-3-8(11)9(10)7(6)4-12/h2-3H,1H3. The Labute approximate surface area is 83.1 Å². The molecule has 0 fully saturated rings. The number of Topliss-reactive ketones (excluding diaryl/α,β-unsaturated/α-hetero) is 1. The largest absolute Gasteiger partial charge is 0.294 e. The summed E-state index contributed by atoms with van der Waals surface area (Å²) in [5.41, 5.74) is 0.281. The van der Waals surface area contributed by atoms with Gasteiger partial charge in [-0.05, 0) is 35.0 Å². The average Bonchev–Trinajstić information content (AvgIpc) is 2.09. The fourth-order valence-electron chi connectivity index (χ4n) is 0.953. The molecule has 4 heteroatoms. The molecule has 1 aromatic rings. The van der Waals surface area contributed by atoms with Crippen LogP contribution in [0.4, 0.5) is 4.39 Å². The maximum atomic E-state index is 12.9. The van der Waals surface area contributed by atoms with Crippen molar-refractivity contribution in [1.29, 1.82) is 5.26 Å². The Bertz CT molecular complexity index is 409. The highest BCUT2D eigenvalue weighted by molar-refractivity contribution is 9.10. The molecule has 13 heavy (non-hydrogen) atoms. The number of benzene rings is 1. The van der Waals surface area contributed by atoms with E-state index in [0.717, 1.165) is 6.07 Å². The minimum Gasteiger partial charge on any atom is -0.294 e. The van der Waals surface area contributed by atoms with E-state index >= 15 is 0 Å². The van der Waals surface area contributed by atoms with E-state index in [0.29, 0.717) is 0 Å². The van der Waals surface area contributed by atoms with Gasteiger partial charge >= 0.3 is 0 Å². The highest BCUT2D eigenvalue weighted by atomic mass is 79.9. The Kier molecular flexibility index (Phi) is 2.79. The van der Waals surface area contributed by atoms with Crippen LogP contribution in [0.3, 0.4) is 0 Å². The molecule has 1 rings (SSSR count). The van der Waals surface area contributed by atoms with Crippen LogP contribution in [0.25, 0.3) is 0 Å². The van der Waals surface area contributed by atoms with Gasteiger partial charge in [-0.25, -0.2) is 4.39 Å². The molecule has 0 aromatic heterocycles. The molecule has 0 N–H and O–H groups in total. The molecule has 0 radical (unpaired) electrons. The number of rotatable bonds is 1. The lowest BCUT2D eigenvalue weighted by molar-refractivity contribution is 0.101. The Morgan fingerprint density at radius 3 is 2.69 bits per heavy atom. The van der Waals surface area contributed by atoms with E-state index in [1.807, 2.05) is 0 Å². The van der Waals surface area contributed by atoms with Crippen LogP contribution in [-0.2, 0) is 0 Å². The smallest absolute Gasteiger partial charge is 0.161 e. The summed E-state index contributed by atoms with van der Waals surface area (Å²) in [4.78, 5) is 11.0. The fraction of sp³-hybridized carbons (Fsp3) is 0.111. The number of halogens is 2. The van der Waals surface area contributed by atoms with Gasteiger partial charge in [0.15, 0.2) is 5.78 Å². The zero-order valence-corrected chi connectivity index (χ0v) is 8.35. The molecule has 0 saturated carbocycles. The van der Waals surface area contributed by atoms with Gasteiger partial charge in [0.25, 0.3) is 0 Å². The van der Waals surface area contributed by atoms with Crippen molar-refractivity contribution < 1.29 is 9.18 Å². The predicted octanol–water partition coefficient (Wildman–Crippen LogP) is 2.66. The van der Waals surface area contributed by atoms with Crippen LogP contribution in [0.15, 0.2) is 16.6 Å². The number of carbonyl (C=O) groups excluding carboxylic acids is 1. The fourth-order valence-corrected chi connectivity index (χ4v) is 1.39. The van der Waals surface area contributed by atoms with E-state index in [9.17, 15) is 9.18 Å². The van der Waals surface area contributed by atoms with Gasteiger partial charge in [0.1, 0.15) is 11.9 Å². The van der Waals surface area contributed by atoms with Gasteiger partial charge in [-0.3, -0.25) is 4.79 Å². The van der Waals surface area contributed by atoms with Crippen LogP contribution in [0.5, 0.6) is 0 Å². The van der Waals surface area contributed by atoms with Crippen molar-refractivity contribution in [3.05, 3.63) is 33.5 Å². The Hall–Kier alpha value is -1.21. The monoisotopic (exact) mass is 241 g/mol. The molecule has 2 nitrogen and oxygen atoms in total. The van der Waals surface area contributed by atoms with E-state index < -0.39 is 5.82 Å².